The summed E-state index contributed by atoms with van der Waals surface area (Å²) >= 11 is 15.5. The van der Waals surface area contributed by atoms with Crippen LogP contribution in [0.25, 0.3) is 28.6 Å². The van der Waals surface area contributed by atoms with Crippen molar-refractivity contribution in [2.24, 2.45) is 4.99 Å². The molecule has 28 heavy (non-hydrogen) atoms. The van der Waals surface area contributed by atoms with E-state index in [0.717, 1.165) is 26.8 Å². The van der Waals surface area contributed by atoms with Gasteiger partial charge in [-0.05, 0) is 60.2 Å². The minimum atomic E-state index is 0.462. The molecule has 0 spiro atoms. The van der Waals surface area contributed by atoms with Crippen LogP contribution < -0.4 is 0 Å². The summed E-state index contributed by atoms with van der Waals surface area (Å²) in [7, 11) is 0. The second kappa shape index (κ2) is 8.31. The minimum Gasteiger partial charge on any atom is -0.436 e. The maximum atomic E-state index is 6.08. The van der Waals surface area contributed by atoms with Crippen LogP contribution in [0, 0.1) is 0 Å². The van der Waals surface area contributed by atoms with Crippen LogP contribution in [0.2, 0.25) is 10.0 Å². The molecular formula is C22H13BrCl2N2O. The van der Waals surface area contributed by atoms with Crippen LogP contribution in [0.4, 0.5) is 5.69 Å². The molecule has 1 aromatic heterocycles. The Balaban J connectivity index is 1.55. The number of allylic oxidation sites excluding steroid dienone is 1. The first-order valence-electron chi connectivity index (χ1n) is 8.41. The van der Waals surface area contributed by atoms with Gasteiger partial charge in [0.05, 0.1) is 15.7 Å². The maximum Gasteiger partial charge on any atom is 0.227 e. The standard InChI is InChI=1S/C22H13BrCl2N2O/c23-16-5-1-3-14(11-16)4-2-10-26-17-7-9-21-20(13-17)27-22(28-21)15-6-8-18(24)19(25)12-15/h1-13H/b4-2+,26-10?. The number of oxazole rings is 1. The van der Waals surface area contributed by atoms with Crippen molar-refractivity contribution < 1.29 is 4.42 Å². The van der Waals surface area contributed by atoms with Crippen LogP contribution in [0.15, 0.2) is 80.6 Å². The second-order valence-electron chi connectivity index (χ2n) is 5.99. The van der Waals surface area contributed by atoms with E-state index in [1.165, 1.54) is 0 Å². The number of hydrogen-bond acceptors (Lipinski definition) is 3. The van der Waals surface area contributed by atoms with Crippen molar-refractivity contribution >= 4 is 68.2 Å². The van der Waals surface area contributed by atoms with Gasteiger partial charge in [-0.25, -0.2) is 4.98 Å². The predicted molar refractivity (Wildman–Crippen MR) is 121 cm³/mol. The Bertz CT molecular complexity index is 1210. The number of aromatic nitrogens is 1. The van der Waals surface area contributed by atoms with Crippen molar-refractivity contribution in [3.63, 3.8) is 0 Å². The SMILES string of the molecule is Clc1ccc(-c2nc3cc(N=C/C=C/c4cccc(Br)c4)ccc3o2)cc1Cl. The van der Waals surface area contributed by atoms with Crippen LogP contribution in [-0.4, -0.2) is 11.2 Å². The zero-order valence-electron chi connectivity index (χ0n) is 14.4. The molecule has 0 bridgehead atoms. The van der Waals surface area contributed by atoms with Gasteiger partial charge in [0.25, 0.3) is 0 Å². The fourth-order valence-corrected chi connectivity index (χ4v) is 3.36. The molecular weight excluding hydrogens is 459 g/mol. The third-order valence-electron chi connectivity index (χ3n) is 3.98. The first-order valence-corrected chi connectivity index (χ1v) is 9.96. The Hall–Kier alpha value is -2.40. The largest absolute Gasteiger partial charge is 0.436 e. The van der Waals surface area contributed by atoms with Crippen LogP contribution in [0.5, 0.6) is 0 Å². The Morgan fingerprint density at radius 1 is 0.964 bits per heavy atom. The van der Waals surface area contributed by atoms with E-state index in [4.69, 9.17) is 27.6 Å². The van der Waals surface area contributed by atoms with Crippen molar-refractivity contribution in [3.8, 4) is 11.5 Å². The summed E-state index contributed by atoms with van der Waals surface area (Å²) < 4.78 is 6.86. The van der Waals surface area contributed by atoms with Gasteiger partial charge in [-0.15, -0.1) is 0 Å². The molecule has 0 aliphatic heterocycles. The number of benzene rings is 3. The second-order valence-corrected chi connectivity index (χ2v) is 7.72. The van der Waals surface area contributed by atoms with E-state index in [2.05, 4.69) is 25.9 Å². The van der Waals surface area contributed by atoms with Crippen molar-refractivity contribution in [3.05, 3.63) is 86.8 Å². The van der Waals surface area contributed by atoms with Crippen LogP contribution in [-0.2, 0) is 0 Å². The van der Waals surface area contributed by atoms with E-state index in [0.29, 0.717) is 21.5 Å². The van der Waals surface area contributed by atoms with Crippen molar-refractivity contribution in [2.45, 2.75) is 0 Å². The zero-order chi connectivity index (χ0) is 19.5. The molecule has 1 heterocycles. The normalized spacial score (nSPS) is 11.8. The third kappa shape index (κ3) is 4.36. The first kappa shape index (κ1) is 18.9. The lowest BCUT2D eigenvalue weighted by molar-refractivity contribution is 0.620. The quantitative estimate of drug-likeness (QED) is 0.283. The predicted octanol–water partition coefficient (Wildman–Crippen LogP) is 7.98. The summed E-state index contributed by atoms with van der Waals surface area (Å²) in [6.07, 6.45) is 5.64. The lowest BCUT2D eigenvalue weighted by atomic mass is 10.2. The Kier molecular flexibility index (Phi) is 5.62. The number of halogens is 3. The van der Waals surface area contributed by atoms with Gasteiger partial charge in [-0.2, -0.15) is 0 Å². The number of hydrogen-bond donors (Lipinski definition) is 0. The average Bonchev–Trinajstić information content (AvgIpc) is 3.11. The number of rotatable bonds is 4. The third-order valence-corrected chi connectivity index (χ3v) is 5.22. The van der Waals surface area contributed by atoms with E-state index in [9.17, 15) is 0 Å². The van der Waals surface area contributed by atoms with E-state index in [-0.39, 0.29) is 0 Å². The molecule has 4 aromatic rings. The van der Waals surface area contributed by atoms with Gasteiger partial charge in [0.1, 0.15) is 5.52 Å². The summed E-state index contributed by atoms with van der Waals surface area (Å²) in [5.74, 6) is 0.490. The first-order chi connectivity index (χ1) is 13.6. The highest BCUT2D eigenvalue weighted by atomic mass is 79.9. The molecule has 0 aliphatic carbocycles. The van der Waals surface area contributed by atoms with Crippen LogP contribution in [0.1, 0.15) is 5.56 Å². The molecule has 0 fully saturated rings. The van der Waals surface area contributed by atoms with Crippen molar-refractivity contribution in [1.82, 2.24) is 4.98 Å². The van der Waals surface area contributed by atoms with E-state index in [1.54, 1.807) is 18.3 Å². The van der Waals surface area contributed by atoms with Crippen LogP contribution >= 0.6 is 39.1 Å². The topological polar surface area (TPSA) is 38.4 Å². The lowest BCUT2D eigenvalue weighted by Crippen LogP contribution is -1.77. The van der Waals surface area contributed by atoms with Gasteiger partial charge in [-0.3, -0.25) is 4.99 Å². The summed E-state index contributed by atoms with van der Waals surface area (Å²) in [6, 6.07) is 19.0. The fraction of sp³-hybridized carbons (Fsp3) is 0. The van der Waals surface area contributed by atoms with Gasteiger partial charge in [0, 0.05) is 16.3 Å². The average molecular weight is 472 g/mol. The van der Waals surface area contributed by atoms with E-state index in [1.807, 2.05) is 60.7 Å². The summed E-state index contributed by atoms with van der Waals surface area (Å²) in [5.41, 5.74) is 4.07. The molecule has 6 heteroatoms. The van der Waals surface area contributed by atoms with Crippen molar-refractivity contribution in [1.29, 1.82) is 0 Å². The Labute approximate surface area is 180 Å². The molecule has 0 radical (unpaired) electrons. The fourth-order valence-electron chi connectivity index (χ4n) is 2.64. The molecule has 0 N–H and O–H groups in total. The van der Waals surface area contributed by atoms with Gasteiger partial charge in [0.15, 0.2) is 5.58 Å². The molecule has 0 saturated heterocycles. The molecule has 0 saturated carbocycles. The summed E-state index contributed by atoms with van der Waals surface area (Å²) in [4.78, 5) is 8.99. The molecule has 4 rings (SSSR count). The lowest BCUT2D eigenvalue weighted by Gasteiger charge is -1.97. The summed E-state index contributed by atoms with van der Waals surface area (Å²) in [6.45, 7) is 0. The van der Waals surface area contributed by atoms with E-state index < -0.39 is 0 Å². The maximum absolute atomic E-state index is 6.08. The van der Waals surface area contributed by atoms with Gasteiger partial charge in [-0.1, -0.05) is 57.3 Å². The van der Waals surface area contributed by atoms with Gasteiger partial charge < -0.3 is 4.42 Å². The highest BCUT2D eigenvalue weighted by molar-refractivity contribution is 9.10. The van der Waals surface area contributed by atoms with Gasteiger partial charge >= 0.3 is 0 Å². The highest BCUT2D eigenvalue weighted by Gasteiger charge is 2.10. The molecule has 0 unspecified atom stereocenters. The highest BCUT2D eigenvalue weighted by Crippen LogP contribution is 2.31. The number of nitrogens with zero attached hydrogens (tertiary/aromatic N) is 2. The van der Waals surface area contributed by atoms with Crippen molar-refractivity contribution in [2.75, 3.05) is 0 Å². The minimum absolute atomic E-state index is 0.462. The molecule has 3 aromatic carbocycles. The molecule has 0 atom stereocenters. The van der Waals surface area contributed by atoms with E-state index >= 15 is 0 Å². The molecule has 3 nitrogen and oxygen atoms in total. The number of fused-ring (bicyclic) bond motifs is 1. The summed E-state index contributed by atoms with van der Waals surface area (Å²) in [5, 5.41) is 0.956. The Morgan fingerprint density at radius 2 is 1.86 bits per heavy atom. The monoisotopic (exact) mass is 470 g/mol. The molecule has 0 aliphatic rings. The Morgan fingerprint density at radius 3 is 2.68 bits per heavy atom. The number of aliphatic imine (C=N–C) groups is 1. The molecule has 0 amide bonds. The van der Waals surface area contributed by atoms with Gasteiger partial charge in [0.2, 0.25) is 5.89 Å². The zero-order valence-corrected chi connectivity index (χ0v) is 17.5. The molecule has 138 valence electrons. The smallest absolute Gasteiger partial charge is 0.227 e. The van der Waals surface area contributed by atoms with Crippen LogP contribution in [0.3, 0.4) is 0 Å².